The van der Waals surface area contributed by atoms with Crippen LogP contribution in [0.2, 0.25) is 0 Å². The lowest BCUT2D eigenvalue weighted by atomic mass is 9.75. The van der Waals surface area contributed by atoms with Gasteiger partial charge in [-0.1, -0.05) is 50.1 Å². The molecule has 0 saturated heterocycles. The summed E-state index contributed by atoms with van der Waals surface area (Å²) in [5, 5.41) is 2.63. The molecule has 1 aliphatic heterocycles. The minimum Gasteiger partial charge on any atom is -0.307 e. The van der Waals surface area contributed by atoms with Crippen molar-refractivity contribution in [2.45, 2.75) is 38.2 Å². The molecule has 138 valence electrons. The Morgan fingerprint density at radius 1 is 1.15 bits per heavy atom. The van der Waals surface area contributed by atoms with Crippen molar-refractivity contribution >= 4 is 11.7 Å². The Hall–Kier alpha value is -2.50. The molecule has 1 heterocycles. The predicted octanol–water partition coefficient (Wildman–Crippen LogP) is 5.37. The Morgan fingerprint density at radius 3 is 2.54 bits per heavy atom. The van der Waals surface area contributed by atoms with E-state index in [9.17, 15) is 18.0 Å². The Morgan fingerprint density at radius 2 is 1.88 bits per heavy atom. The van der Waals surface area contributed by atoms with E-state index >= 15 is 0 Å². The first-order valence-electron chi connectivity index (χ1n) is 8.71. The minimum atomic E-state index is -2.69. The van der Waals surface area contributed by atoms with Crippen molar-refractivity contribution in [3.8, 4) is 0 Å². The quantitative estimate of drug-likeness (QED) is 0.736. The molecule has 3 nitrogen and oxygen atoms in total. The molecule has 1 aliphatic rings. The molecule has 0 bridgehead atoms. The summed E-state index contributed by atoms with van der Waals surface area (Å²) >= 11 is 0. The smallest absolute Gasteiger partial charge is 0.307 e. The molecule has 1 atom stereocenters. The van der Waals surface area contributed by atoms with Crippen molar-refractivity contribution in [2.75, 3.05) is 11.9 Å². The van der Waals surface area contributed by atoms with Gasteiger partial charge in [0.05, 0.1) is 12.1 Å². The number of hydrogen-bond acceptors (Lipinski definition) is 1. The molecule has 2 aromatic rings. The van der Waals surface area contributed by atoms with Gasteiger partial charge in [0.25, 0.3) is 6.43 Å². The van der Waals surface area contributed by atoms with Crippen molar-refractivity contribution in [1.82, 2.24) is 4.90 Å². The number of anilines is 1. The van der Waals surface area contributed by atoms with E-state index in [4.69, 9.17) is 0 Å². The Balaban J connectivity index is 2.29. The highest BCUT2D eigenvalue weighted by Crippen LogP contribution is 2.47. The lowest BCUT2D eigenvalue weighted by molar-refractivity contribution is 0.0547. The molecular weight excluding hydrogens is 341 g/mol. The molecule has 0 fully saturated rings. The van der Waals surface area contributed by atoms with Crippen LogP contribution in [0.25, 0.3) is 0 Å². The van der Waals surface area contributed by atoms with E-state index in [1.807, 2.05) is 13.0 Å². The Kier molecular flexibility index (Phi) is 5.20. The van der Waals surface area contributed by atoms with Gasteiger partial charge in [0.2, 0.25) is 0 Å². The third-order valence-electron chi connectivity index (χ3n) is 4.84. The number of carbonyl (C=O) groups is 1. The molecular formula is C20H21F3N2O. The highest BCUT2D eigenvalue weighted by atomic mass is 19.3. The molecule has 1 N–H and O–H groups in total. The third-order valence-corrected chi connectivity index (χ3v) is 4.84. The zero-order valence-corrected chi connectivity index (χ0v) is 14.5. The van der Waals surface area contributed by atoms with Crippen LogP contribution in [0, 0.1) is 5.82 Å². The van der Waals surface area contributed by atoms with E-state index in [1.165, 1.54) is 18.2 Å². The molecule has 1 unspecified atom stereocenters. The van der Waals surface area contributed by atoms with E-state index in [0.717, 1.165) is 11.3 Å². The lowest BCUT2D eigenvalue weighted by Crippen LogP contribution is -2.56. The topological polar surface area (TPSA) is 32.3 Å². The SMILES string of the molecule is CCCCC1(c2ccccc2)c2cc(F)ccc2NC(=O)N1CC(F)F. The number of benzene rings is 2. The third kappa shape index (κ3) is 3.16. The number of urea groups is 1. The van der Waals surface area contributed by atoms with Crippen molar-refractivity contribution in [1.29, 1.82) is 0 Å². The fourth-order valence-corrected chi connectivity index (χ4v) is 3.72. The molecule has 0 radical (unpaired) electrons. The molecule has 0 spiro atoms. The summed E-state index contributed by atoms with van der Waals surface area (Å²) in [7, 11) is 0. The second-order valence-electron chi connectivity index (χ2n) is 6.45. The maximum atomic E-state index is 14.1. The number of hydrogen-bond donors (Lipinski definition) is 1. The van der Waals surface area contributed by atoms with Crippen LogP contribution in [0.5, 0.6) is 0 Å². The van der Waals surface area contributed by atoms with Gasteiger partial charge in [-0.3, -0.25) is 0 Å². The summed E-state index contributed by atoms with van der Waals surface area (Å²) in [6.07, 6.45) is -0.730. The number of nitrogens with zero attached hydrogens (tertiary/aromatic N) is 1. The van der Waals surface area contributed by atoms with Gasteiger partial charge < -0.3 is 10.2 Å². The van der Waals surface area contributed by atoms with E-state index in [2.05, 4.69) is 5.32 Å². The maximum Gasteiger partial charge on any atom is 0.323 e. The summed E-state index contributed by atoms with van der Waals surface area (Å²) in [4.78, 5) is 13.9. The number of carbonyl (C=O) groups excluding carboxylic acids is 1. The summed E-state index contributed by atoms with van der Waals surface area (Å²) in [6.45, 7) is 1.27. The van der Waals surface area contributed by atoms with Crippen molar-refractivity contribution in [3.63, 3.8) is 0 Å². The molecule has 2 amide bonds. The number of fused-ring (bicyclic) bond motifs is 1. The number of alkyl halides is 2. The van der Waals surface area contributed by atoms with E-state index in [0.29, 0.717) is 29.7 Å². The fourth-order valence-electron chi connectivity index (χ4n) is 3.72. The Labute approximate surface area is 150 Å². The molecule has 26 heavy (non-hydrogen) atoms. The van der Waals surface area contributed by atoms with Crippen LogP contribution in [0.3, 0.4) is 0 Å². The van der Waals surface area contributed by atoms with Crippen molar-refractivity contribution in [2.24, 2.45) is 0 Å². The van der Waals surface area contributed by atoms with Gasteiger partial charge in [0, 0.05) is 11.3 Å². The van der Waals surface area contributed by atoms with E-state index in [-0.39, 0.29) is 0 Å². The van der Waals surface area contributed by atoms with Gasteiger partial charge in [-0.2, -0.15) is 0 Å². The van der Waals surface area contributed by atoms with Crippen LogP contribution in [-0.2, 0) is 5.54 Å². The van der Waals surface area contributed by atoms with Gasteiger partial charge >= 0.3 is 6.03 Å². The van der Waals surface area contributed by atoms with Crippen LogP contribution < -0.4 is 5.32 Å². The predicted molar refractivity (Wildman–Crippen MR) is 94.9 cm³/mol. The fraction of sp³-hybridized carbons (Fsp3) is 0.350. The van der Waals surface area contributed by atoms with Crippen LogP contribution in [0.4, 0.5) is 23.7 Å². The van der Waals surface area contributed by atoms with Crippen LogP contribution >= 0.6 is 0 Å². The first kappa shape index (κ1) is 18.3. The summed E-state index contributed by atoms with van der Waals surface area (Å²) < 4.78 is 40.8. The van der Waals surface area contributed by atoms with Gasteiger partial charge in [-0.15, -0.1) is 0 Å². The summed E-state index contributed by atoms with van der Waals surface area (Å²) in [5.74, 6) is -0.464. The van der Waals surface area contributed by atoms with Gasteiger partial charge in [0.1, 0.15) is 5.82 Å². The van der Waals surface area contributed by atoms with Crippen molar-refractivity contribution in [3.05, 3.63) is 65.5 Å². The maximum absolute atomic E-state index is 14.1. The van der Waals surface area contributed by atoms with Crippen LogP contribution in [0.15, 0.2) is 48.5 Å². The highest BCUT2D eigenvalue weighted by molar-refractivity contribution is 5.94. The first-order chi connectivity index (χ1) is 12.5. The van der Waals surface area contributed by atoms with Gasteiger partial charge in [-0.05, 0) is 30.2 Å². The van der Waals surface area contributed by atoms with Gasteiger partial charge in [-0.25, -0.2) is 18.0 Å². The average Bonchev–Trinajstić information content (AvgIpc) is 2.63. The second kappa shape index (κ2) is 7.40. The molecule has 6 heteroatoms. The molecule has 0 aliphatic carbocycles. The number of amides is 2. The van der Waals surface area contributed by atoms with E-state index in [1.54, 1.807) is 24.3 Å². The standard InChI is InChI=1S/C20H21F3N2O/c1-2-3-11-20(14-7-5-4-6-8-14)16-12-15(21)9-10-17(16)24-19(26)25(20)13-18(22)23/h4-10,12,18H,2-3,11,13H2,1H3,(H,24,26). The number of halogens is 3. The number of rotatable bonds is 6. The monoisotopic (exact) mass is 362 g/mol. The number of unbranched alkanes of at least 4 members (excludes halogenated alkanes) is 1. The zero-order valence-electron chi connectivity index (χ0n) is 14.5. The number of nitrogens with one attached hydrogen (secondary N) is 1. The van der Waals surface area contributed by atoms with E-state index < -0.39 is 30.4 Å². The normalized spacial score (nSPS) is 19.4. The summed E-state index contributed by atoms with van der Waals surface area (Å²) in [5.41, 5.74) is 0.545. The second-order valence-corrected chi connectivity index (χ2v) is 6.45. The minimum absolute atomic E-state index is 0.435. The molecule has 0 aromatic heterocycles. The summed E-state index contributed by atoms with van der Waals surface area (Å²) in [6, 6.07) is 12.5. The molecule has 3 rings (SSSR count). The molecule has 0 saturated carbocycles. The Bertz CT molecular complexity index is 782. The van der Waals surface area contributed by atoms with Crippen LogP contribution in [-0.4, -0.2) is 23.9 Å². The lowest BCUT2D eigenvalue weighted by Gasteiger charge is -2.48. The van der Waals surface area contributed by atoms with Crippen molar-refractivity contribution < 1.29 is 18.0 Å². The average molecular weight is 362 g/mol. The van der Waals surface area contributed by atoms with Crippen LogP contribution in [0.1, 0.15) is 37.3 Å². The van der Waals surface area contributed by atoms with Gasteiger partial charge in [0.15, 0.2) is 0 Å². The highest BCUT2D eigenvalue weighted by Gasteiger charge is 2.48. The zero-order chi connectivity index (χ0) is 18.7. The molecule has 2 aromatic carbocycles. The largest absolute Gasteiger partial charge is 0.323 e. The first-order valence-corrected chi connectivity index (χ1v) is 8.71.